The third kappa shape index (κ3) is 3.60. The molecule has 1 heterocycles. The Bertz CT molecular complexity index is 653. The molecular formula is C16H20ClN3O2. The first-order chi connectivity index (χ1) is 10.6. The summed E-state index contributed by atoms with van der Waals surface area (Å²) in [6.07, 6.45) is 1.43. The number of nitrogens with zero attached hydrogens (tertiary/aromatic N) is 2. The predicted molar refractivity (Wildman–Crippen MR) is 86.4 cm³/mol. The lowest BCUT2D eigenvalue weighted by molar-refractivity contribution is -0.109. The molecular weight excluding hydrogens is 302 g/mol. The van der Waals surface area contributed by atoms with Crippen LogP contribution >= 0.6 is 11.6 Å². The molecule has 0 fully saturated rings. The molecule has 2 rings (SSSR count). The van der Waals surface area contributed by atoms with Gasteiger partial charge < -0.3 is 10.1 Å². The number of ether oxygens (including phenoxy) is 1. The minimum Gasteiger partial charge on any atom is -0.439 e. The van der Waals surface area contributed by atoms with Crippen LogP contribution < -0.4 is 10.1 Å². The highest BCUT2D eigenvalue weighted by Gasteiger charge is 2.20. The molecule has 0 unspecified atom stereocenters. The molecule has 2 aromatic rings. The molecule has 0 aliphatic rings. The van der Waals surface area contributed by atoms with Crippen LogP contribution in [0.5, 0.6) is 11.6 Å². The summed E-state index contributed by atoms with van der Waals surface area (Å²) in [5, 5.41) is 7.85. The standard InChI is InChI=1S/C16H20ClN3O2/c1-4-14-15(9-18-10-21)19-20(11(2)3)16(14)22-13-7-5-6-12(17)8-13/h5-8,10-11H,4,9H2,1-3H3,(H,18,21). The first kappa shape index (κ1) is 16.4. The van der Waals surface area contributed by atoms with E-state index in [9.17, 15) is 4.79 Å². The van der Waals surface area contributed by atoms with Crippen LogP contribution in [0.2, 0.25) is 5.02 Å². The summed E-state index contributed by atoms with van der Waals surface area (Å²) in [5.41, 5.74) is 1.81. The number of amides is 1. The number of halogens is 1. The molecule has 6 heteroatoms. The maximum absolute atomic E-state index is 10.5. The van der Waals surface area contributed by atoms with E-state index in [0.717, 1.165) is 17.7 Å². The number of carbonyl (C=O) groups is 1. The molecule has 0 radical (unpaired) electrons. The molecule has 0 spiro atoms. The van der Waals surface area contributed by atoms with Gasteiger partial charge in [0.25, 0.3) is 0 Å². The van der Waals surface area contributed by atoms with Gasteiger partial charge in [-0.3, -0.25) is 4.79 Å². The van der Waals surface area contributed by atoms with Crippen molar-refractivity contribution in [2.75, 3.05) is 0 Å². The predicted octanol–water partition coefficient (Wildman–Crippen LogP) is 3.72. The lowest BCUT2D eigenvalue weighted by Gasteiger charge is -2.13. The second-order valence-electron chi connectivity index (χ2n) is 5.18. The van der Waals surface area contributed by atoms with E-state index in [1.54, 1.807) is 12.1 Å². The van der Waals surface area contributed by atoms with Gasteiger partial charge >= 0.3 is 0 Å². The lowest BCUT2D eigenvalue weighted by atomic mass is 10.2. The van der Waals surface area contributed by atoms with Crippen LogP contribution in [-0.2, 0) is 17.8 Å². The van der Waals surface area contributed by atoms with Gasteiger partial charge in [-0.2, -0.15) is 5.10 Å². The van der Waals surface area contributed by atoms with Crippen molar-refractivity contribution in [1.29, 1.82) is 0 Å². The number of nitrogens with one attached hydrogen (secondary N) is 1. The zero-order valence-electron chi connectivity index (χ0n) is 13.0. The summed E-state index contributed by atoms with van der Waals surface area (Å²) >= 11 is 6.01. The normalized spacial score (nSPS) is 10.8. The van der Waals surface area contributed by atoms with Crippen LogP contribution in [0.25, 0.3) is 0 Å². The van der Waals surface area contributed by atoms with Gasteiger partial charge in [-0.25, -0.2) is 4.68 Å². The van der Waals surface area contributed by atoms with Gasteiger partial charge in [0.05, 0.1) is 18.3 Å². The van der Waals surface area contributed by atoms with Crippen molar-refractivity contribution >= 4 is 18.0 Å². The van der Waals surface area contributed by atoms with Crippen LogP contribution in [0.15, 0.2) is 24.3 Å². The number of carbonyl (C=O) groups excluding carboxylic acids is 1. The molecule has 22 heavy (non-hydrogen) atoms. The first-order valence-electron chi connectivity index (χ1n) is 7.27. The fourth-order valence-electron chi connectivity index (χ4n) is 2.23. The quantitative estimate of drug-likeness (QED) is 0.791. The van der Waals surface area contributed by atoms with Crippen molar-refractivity contribution < 1.29 is 9.53 Å². The molecule has 1 aromatic heterocycles. The summed E-state index contributed by atoms with van der Waals surface area (Å²) in [5.74, 6) is 1.36. The van der Waals surface area contributed by atoms with Crippen LogP contribution in [-0.4, -0.2) is 16.2 Å². The Morgan fingerprint density at radius 1 is 1.45 bits per heavy atom. The van der Waals surface area contributed by atoms with Gasteiger partial charge in [0.15, 0.2) is 0 Å². The smallest absolute Gasteiger partial charge is 0.221 e. The maximum Gasteiger partial charge on any atom is 0.221 e. The summed E-state index contributed by atoms with van der Waals surface area (Å²) in [7, 11) is 0. The molecule has 0 saturated heterocycles. The van der Waals surface area contributed by atoms with Gasteiger partial charge in [0, 0.05) is 10.6 Å². The summed E-state index contributed by atoms with van der Waals surface area (Å²) in [6, 6.07) is 7.40. The fourth-order valence-corrected chi connectivity index (χ4v) is 2.41. The van der Waals surface area contributed by atoms with Gasteiger partial charge in [0.2, 0.25) is 12.3 Å². The number of aromatic nitrogens is 2. The molecule has 1 amide bonds. The zero-order chi connectivity index (χ0) is 16.1. The SMILES string of the molecule is CCc1c(CNC=O)nn(C(C)C)c1Oc1cccc(Cl)c1. The zero-order valence-corrected chi connectivity index (χ0v) is 13.7. The van der Waals surface area contributed by atoms with Gasteiger partial charge in [-0.1, -0.05) is 24.6 Å². The summed E-state index contributed by atoms with van der Waals surface area (Å²) in [4.78, 5) is 10.5. The van der Waals surface area contributed by atoms with E-state index in [-0.39, 0.29) is 6.04 Å². The number of hydrogen-bond donors (Lipinski definition) is 1. The highest BCUT2D eigenvalue weighted by atomic mass is 35.5. The number of rotatable bonds is 7. The van der Waals surface area contributed by atoms with E-state index in [1.165, 1.54) is 0 Å². The molecule has 0 bridgehead atoms. The van der Waals surface area contributed by atoms with Crippen LogP contribution in [0, 0.1) is 0 Å². The van der Waals surface area contributed by atoms with E-state index in [4.69, 9.17) is 16.3 Å². The Morgan fingerprint density at radius 2 is 2.23 bits per heavy atom. The van der Waals surface area contributed by atoms with E-state index < -0.39 is 0 Å². The van der Waals surface area contributed by atoms with E-state index in [2.05, 4.69) is 10.4 Å². The van der Waals surface area contributed by atoms with Crippen molar-refractivity contribution in [3.8, 4) is 11.6 Å². The fraction of sp³-hybridized carbons (Fsp3) is 0.375. The molecule has 0 aliphatic heterocycles. The largest absolute Gasteiger partial charge is 0.439 e. The summed E-state index contributed by atoms with van der Waals surface area (Å²) in [6.45, 7) is 6.50. The Kier molecular flexibility index (Phi) is 5.44. The Hall–Kier alpha value is -2.01. The minimum atomic E-state index is 0.143. The first-order valence-corrected chi connectivity index (χ1v) is 7.65. The Labute approximate surface area is 135 Å². The van der Waals surface area contributed by atoms with Crippen molar-refractivity contribution in [3.05, 3.63) is 40.5 Å². The number of benzene rings is 1. The van der Waals surface area contributed by atoms with E-state index in [0.29, 0.717) is 29.6 Å². The monoisotopic (exact) mass is 321 g/mol. The third-order valence-corrected chi connectivity index (χ3v) is 3.48. The topological polar surface area (TPSA) is 56.2 Å². The highest BCUT2D eigenvalue weighted by Crippen LogP contribution is 2.32. The minimum absolute atomic E-state index is 0.143. The second kappa shape index (κ2) is 7.31. The van der Waals surface area contributed by atoms with Crippen LogP contribution in [0.4, 0.5) is 0 Å². The average molecular weight is 322 g/mol. The van der Waals surface area contributed by atoms with Crippen molar-refractivity contribution in [3.63, 3.8) is 0 Å². The highest BCUT2D eigenvalue weighted by molar-refractivity contribution is 6.30. The van der Waals surface area contributed by atoms with Crippen molar-refractivity contribution in [2.24, 2.45) is 0 Å². The van der Waals surface area contributed by atoms with Gasteiger partial charge in [0.1, 0.15) is 5.75 Å². The van der Waals surface area contributed by atoms with E-state index in [1.807, 2.05) is 37.6 Å². The molecule has 1 aromatic carbocycles. The van der Waals surface area contributed by atoms with Crippen molar-refractivity contribution in [1.82, 2.24) is 15.1 Å². The average Bonchev–Trinajstić information content (AvgIpc) is 2.83. The third-order valence-electron chi connectivity index (χ3n) is 3.25. The molecule has 118 valence electrons. The van der Waals surface area contributed by atoms with Gasteiger partial charge in [-0.15, -0.1) is 0 Å². The Balaban J connectivity index is 2.42. The Morgan fingerprint density at radius 3 is 2.82 bits per heavy atom. The van der Waals surface area contributed by atoms with Crippen LogP contribution in [0.3, 0.4) is 0 Å². The molecule has 0 aliphatic carbocycles. The second-order valence-corrected chi connectivity index (χ2v) is 5.62. The van der Waals surface area contributed by atoms with E-state index >= 15 is 0 Å². The summed E-state index contributed by atoms with van der Waals surface area (Å²) < 4.78 is 7.87. The maximum atomic E-state index is 10.5. The van der Waals surface area contributed by atoms with Crippen LogP contribution in [0.1, 0.15) is 38.1 Å². The van der Waals surface area contributed by atoms with Crippen molar-refractivity contribution in [2.45, 2.75) is 39.8 Å². The number of hydrogen-bond acceptors (Lipinski definition) is 3. The molecule has 0 saturated carbocycles. The molecule has 1 N–H and O–H groups in total. The molecule has 5 nitrogen and oxygen atoms in total. The lowest BCUT2D eigenvalue weighted by Crippen LogP contribution is -2.12. The van der Waals surface area contributed by atoms with Gasteiger partial charge in [-0.05, 0) is 38.5 Å². The molecule has 0 atom stereocenters.